The first-order valence-electron chi connectivity index (χ1n) is 9.02. The van der Waals surface area contributed by atoms with E-state index in [9.17, 15) is 9.59 Å². The zero-order chi connectivity index (χ0) is 20.4. The standard InChI is InChI=1S/C20H23N3O3S2/c1-10-7-8-12-14(9-10)28-19(15(12)17(21)24)23-20(27)22-18(25)13-6-4-5-11(2)16(13)26-3/h4-6,10H,7-9H2,1-3H3,(H2,21,24)(H2,22,23,25,27)/t10-/m1/s1. The molecule has 1 aliphatic carbocycles. The summed E-state index contributed by atoms with van der Waals surface area (Å²) in [5, 5.41) is 6.36. The fourth-order valence-corrected chi connectivity index (χ4v) is 5.19. The molecule has 4 N–H and O–H groups in total. The summed E-state index contributed by atoms with van der Waals surface area (Å²) in [6, 6.07) is 5.31. The second kappa shape index (κ2) is 8.28. The molecule has 0 fully saturated rings. The van der Waals surface area contributed by atoms with Crippen LogP contribution in [0.1, 0.15) is 50.1 Å². The van der Waals surface area contributed by atoms with Crippen LogP contribution in [0.5, 0.6) is 5.75 Å². The number of thiophene rings is 1. The number of nitrogens with one attached hydrogen (secondary N) is 2. The highest BCUT2D eigenvalue weighted by Crippen LogP contribution is 2.39. The lowest BCUT2D eigenvalue weighted by atomic mass is 9.88. The van der Waals surface area contributed by atoms with Gasteiger partial charge in [0.15, 0.2) is 5.11 Å². The van der Waals surface area contributed by atoms with Gasteiger partial charge in [-0.05, 0) is 61.5 Å². The van der Waals surface area contributed by atoms with Crippen molar-refractivity contribution in [3.05, 3.63) is 45.3 Å². The van der Waals surface area contributed by atoms with Gasteiger partial charge in [-0.2, -0.15) is 0 Å². The van der Waals surface area contributed by atoms with Gasteiger partial charge in [0.2, 0.25) is 0 Å². The summed E-state index contributed by atoms with van der Waals surface area (Å²) in [7, 11) is 1.52. The van der Waals surface area contributed by atoms with Crippen molar-refractivity contribution in [2.75, 3.05) is 12.4 Å². The van der Waals surface area contributed by atoms with Gasteiger partial charge in [0.1, 0.15) is 10.8 Å². The number of amides is 2. The molecule has 148 valence electrons. The number of thiocarbonyl (C=S) groups is 1. The molecule has 2 amide bonds. The highest BCUT2D eigenvalue weighted by Gasteiger charge is 2.27. The molecule has 1 heterocycles. The Morgan fingerprint density at radius 1 is 1.36 bits per heavy atom. The zero-order valence-electron chi connectivity index (χ0n) is 16.0. The molecule has 28 heavy (non-hydrogen) atoms. The first kappa shape index (κ1) is 20.3. The monoisotopic (exact) mass is 417 g/mol. The Morgan fingerprint density at radius 3 is 2.79 bits per heavy atom. The van der Waals surface area contributed by atoms with E-state index in [0.29, 0.717) is 27.8 Å². The van der Waals surface area contributed by atoms with Crippen LogP contribution in [-0.2, 0) is 12.8 Å². The molecule has 3 rings (SSSR count). The van der Waals surface area contributed by atoms with E-state index in [1.165, 1.54) is 18.4 Å². The van der Waals surface area contributed by atoms with Crippen molar-refractivity contribution in [3.8, 4) is 5.75 Å². The third kappa shape index (κ3) is 4.02. The number of rotatable bonds is 4. The molecule has 1 aliphatic rings. The first-order chi connectivity index (χ1) is 13.3. The molecule has 8 heteroatoms. The molecule has 0 aliphatic heterocycles. The first-order valence-corrected chi connectivity index (χ1v) is 10.2. The van der Waals surface area contributed by atoms with Crippen LogP contribution in [0.2, 0.25) is 0 Å². The average molecular weight is 418 g/mol. The number of hydrogen-bond acceptors (Lipinski definition) is 5. The summed E-state index contributed by atoms with van der Waals surface area (Å²) < 4.78 is 5.33. The van der Waals surface area contributed by atoms with E-state index in [1.54, 1.807) is 12.1 Å². The maximum Gasteiger partial charge on any atom is 0.261 e. The maximum atomic E-state index is 12.6. The Bertz CT molecular complexity index is 952. The van der Waals surface area contributed by atoms with Gasteiger partial charge >= 0.3 is 0 Å². The zero-order valence-corrected chi connectivity index (χ0v) is 17.7. The summed E-state index contributed by atoms with van der Waals surface area (Å²) in [6.07, 6.45) is 2.77. The highest BCUT2D eigenvalue weighted by molar-refractivity contribution is 7.80. The summed E-state index contributed by atoms with van der Waals surface area (Å²) in [5.74, 6) is 0.207. The van der Waals surface area contributed by atoms with Crippen LogP contribution >= 0.6 is 23.6 Å². The van der Waals surface area contributed by atoms with Gasteiger partial charge in [0.25, 0.3) is 11.8 Å². The number of anilines is 1. The van der Waals surface area contributed by atoms with Crippen LogP contribution in [-0.4, -0.2) is 24.0 Å². The number of carbonyl (C=O) groups is 2. The SMILES string of the molecule is COc1c(C)cccc1C(=O)NC(=S)Nc1sc2c(c1C(N)=O)CC[C@@H](C)C2. The average Bonchev–Trinajstić information content (AvgIpc) is 2.97. The molecular weight excluding hydrogens is 394 g/mol. The largest absolute Gasteiger partial charge is 0.496 e. The lowest BCUT2D eigenvalue weighted by molar-refractivity contribution is 0.0972. The molecule has 6 nitrogen and oxygen atoms in total. The van der Waals surface area contributed by atoms with Crippen molar-refractivity contribution in [1.29, 1.82) is 0 Å². The molecule has 0 spiro atoms. The lowest BCUT2D eigenvalue weighted by Gasteiger charge is -2.18. The van der Waals surface area contributed by atoms with Gasteiger partial charge in [-0.1, -0.05) is 19.1 Å². The Morgan fingerprint density at radius 2 is 2.11 bits per heavy atom. The number of nitrogens with two attached hydrogens (primary N) is 1. The summed E-state index contributed by atoms with van der Waals surface area (Å²) in [6.45, 7) is 4.06. The minimum Gasteiger partial charge on any atom is -0.496 e. The van der Waals surface area contributed by atoms with Crippen LogP contribution in [0, 0.1) is 12.8 Å². The van der Waals surface area contributed by atoms with Crippen LogP contribution < -0.4 is 21.1 Å². The van der Waals surface area contributed by atoms with Crippen molar-refractivity contribution < 1.29 is 14.3 Å². The molecular formula is C20H23N3O3S2. The predicted octanol–water partition coefficient (Wildman–Crippen LogP) is 3.42. The van der Waals surface area contributed by atoms with Crippen LogP contribution in [0.3, 0.4) is 0 Å². The van der Waals surface area contributed by atoms with Gasteiger partial charge in [-0.25, -0.2) is 0 Å². The van der Waals surface area contributed by atoms with Crippen molar-refractivity contribution in [2.45, 2.75) is 33.1 Å². The fraction of sp³-hybridized carbons (Fsp3) is 0.350. The summed E-state index contributed by atoms with van der Waals surface area (Å²) >= 11 is 6.79. The molecule has 0 unspecified atom stereocenters. The fourth-order valence-electron chi connectivity index (χ4n) is 3.51. The minimum absolute atomic E-state index is 0.114. The highest BCUT2D eigenvalue weighted by atomic mass is 32.1. The van der Waals surface area contributed by atoms with Crippen LogP contribution in [0.4, 0.5) is 5.00 Å². The molecule has 0 bridgehead atoms. The molecule has 0 saturated carbocycles. The van der Waals surface area contributed by atoms with Crippen molar-refractivity contribution >= 4 is 45.5 Å². The molecule has 1 aromatic carbocycles. The quantitative estimate of drug-likeness (QED) is 0.663. The maximum absolute atomic E-state index is 12.6. The van der Waals surface area contributed by atoms with E-state index in [1.807, 2.05) is 13.0 Å². The number of primary amides is 1. The lowest BCUT2D eigenvalue weighted by Crippen LogP contribution is -2.34. The number of aryl methyl sites for hydroxylation is 1. The van der Waals surface area contributed by atoms with E-state index >= 15 is 0 Å². The molecule has 1 atom stereocenters. The van der Waals surface area contributed by atoms with Crippen LogP contribution in [0.25, 0.3) is 0 Å². The number of hydrogen-bond donors (Lipinski definition) is 3. The number of fused-ring (bicyclic) bond motifs is 1. The Labute approximate surface area is 173 Å². The third-order valence-electron chi connectivity index (χ3n) is 4.87. The molecule has 0 radical (unpaired) electrons. The van der Waals surface area contributed by atoms with Crippen molar-refractivity contribution in [2.24, 2.45) is 11.7 Å². The normalized spacial score (nSPS) is 15.5. The number of para-hydroxylation sites is 1. The summed E-state index contributed by atoms with van der Waals surface area (Å²) in [4.78, 5) is 25.8. The predicted molar refractivity (Wildman–Crippen MR) is 115 cm³/mol. The van der Waals surface area contributed by atoms with Gasteiger partial charge in [-0.15, -0.1) is 11.3 Å². The van der Waals surface area contributed by atoms with Gasteiger partial charge in [0, 0.05) is 4.88 Å². The van der Waals surface area contributed by atoms with Crippen LogP contribution in [0.15, 0.2) is 18.2 Å². The number of carbonyl (C=O) groups excluding carboxylic acids is 2. The number of methoxy groups -OCH3 is 1. The Kier molecular flexibility index (Phi) is 6.00. The number of ether oxygens (including phenoxy) is 1. The molecule has 1 aromatic heterocycles. The topological polar surface area (TPSA) is 93.4 Å². The van der Waals surface area contributed by atoms with Crippen molar-refractivity contribution in [1.82, 2.24) is 5.32 Å². The second-order valence-electron chi connectivity index (χ2n) is 6.98. The Hall–Kier alpha value is -2.45. The number of benzene rings is 1. The third-order valence-corrected chi connectivity index (χ3v) is 6.25. The van der Waals surface area contributed by atoms with Gasteiger partial charge in [0.05, 0.1) is 18.2 Å². The smallest absolute Gasteiger partial charge is 0.261 e. The van der Waals surface area contributed by atoms with E-state index in [-0.39, 0.29) is 11.0 Å². The van der Waals surface area contributed by atoms with Crippen molar-refractivity contribution in [3.63, 3.8) is 0 Å². The second-order valence-corrected chi connectivity index (χ2v) is 8.50. The van der Waals surface area contributed by atoms with E-state index < -0.39 is 5.91 Å². The summed E-state index contributed by atoms with van der Waals surface area (Å²) in [5.41, 5.74) is 8.35. The van der Waals surface area contributed by atoms with Gasteiger partial charge in [-0.3, -0.25) is 14.9 Å². The minimum atomic E-state index is -0.482. The van der Waals surface area contributed by atoms with E-state index in [4.69, 9.17) is 22.7 Å². The Balaban J connectivity index is 1.80. The molecule has 2 aromatic rings. The molecule has 0 saturated heterocycles. The van der Waals surface area contributed by atoms with E-state index in [2.05, 4.69) is 17.6 Å². The van der Waals surface area contributed by atoms with Gasteiger partial charge < -0.3 is 15.8 Å². The van der Waals surface area contributed by atoms with E-state index in [0.717, 1.165) is 35.3 Å².